The number of hydrogen-bond donors (Lipinski definition) is 3. The van der Waals surface area contributed by atoms with Gasteiger partial charge in [-0.25, -0.2) is 4.79 Å². The maximum Gasteiger partial charge on any atom is 0.490 e. The average Bonchev–Trinajstić information content (AvgIpc) is 3.22. The first kappa shape index (κ1) is 19.6. The number of alkyl halides is 3. The van der Waals surface area contributed by atoms with E-state index < -0.39 is 12.1 Å². The van der Waals surface area contributed by atoms with Crippen molar-refractivity contribution in [1.29, 1.82) is 0 Å². The van der Waals surface area contributed by atoms with E-state index in [4.69, 9.17) is 9.90 Å². The third-order valence-corrected chi connectivity index (χ3v) is 4.34. The van der Waals surface area contributed by atoms with Crippen molar-refractivity contribution in [2.75, 3.05) is 6.54 Å². The second kappa shape index (κ2) is 8.26. The molecule has 146 valence electrons. The first-order valence-electron chi connectivity index (χ1n) is 8.57. The summed E-state index contributed by atoms with van der Waals surface area (Å²) in [6.07, 6.45) is -2.17. The van der Waals surface area contributed by atoms with E-state index in [1.54, 1.807) is 6.20 Å². The molecule has 0 bridgehead atoms. The van der Waals surface area contributed by atoms with Crippen molar-refractivity contribution in [3.05, 3.63) is 65.9 Å². The Bertz CT molecular complexity index is 954. The lowest BCUT2D eigenvalue weighted by Gasteiger charge is -2.18. The monoisotopic (exact) mass is 389 g/mol. The molecule has 4 rings (SSSR count). The van der Waals surface area contributed by atoms with Gasteiger partial charge in [0.1, 0.15) is 0 Å². The van der Waals surface area contributed by atoms with Crippen LogP contribution in [-0.2, 0) is 17.8 Å². The molecule has 1 aromatic heterocycles. The van der Waals surface area contributed by atoms with Gasteiger partial charge in [0.05, 0.1) is 5.69 Å². The predicted molar refractivity (Wildman–Crippen MR) is 98.6 cm³/mol. The first-order valence-corrected chi connectivity index (χ1v) is 8.57. The van der Waals surface area contributed by atoms with Crippen LogP contribution in [0.15, 0.2) is 54.7 Å². The molecule has 5 nitrogen and oxygen atoms in total. The first-order chi connectivity index (χ1) is 13.3. The summed E-state index contributed by atoms with van der Waals surface area (Å²) in [5, 5.41) is 17.6. The number of carboxylic acids is 1. The van der Waals surface area contributed by atoms with Crippen molar-refractivity contribution in [3.63, 3.8) is 0 Å². The van der Waals surface area contributed by atoms with Crippen LogP contribution in [0.2, 0.25) is 0 Å². The van der Waals surface area contributed by atoms with Crippen LogP contribution in [0.4, 0.5) is 13.2 Å². The number of halogens is 3. The van der Waals surface area contributed by atoms with Gasteiger partial charge in [-0.05, 0) is 53.4 Å². The lowest BCUT2D eigenvalue weighted by Crippen LogP contribution is -2.23. The number of H-pyrrole nitrogens is 1. The highest BCUT2D eigenvalue weighted by atomic mass is 19.4. The van der Waals surface area contributed by atoms with E-state index in [0.717, 1.165) is 25.2 Å². The summed E-state index contributed by atoms with van der Waals surface area (Å²) in [4.78, 5) is 8.90. The van der Waals surface area contributed by atoms with Gasteiger partial charge in [0.25, 0.3) is 0 Å². The Balaban J connectivity index is 0.000000279. The highest BCUT2D eigenvalue weighted by molar-refractivity contribution is 5.73. The molecule has 0 aliphatic carbocycles. The number of aromatic nitrogens is 2. The smallest absolute Gasteiger partial charge is 0.475 e. The Labute approximate surface area is 159 Å². The number of hydrogen-bond acceptors (Lipinski definition) is 3. The summed E-state index contributed by atoms with van der Waals surface area (Å²) in [6, 6.07) is 17.4. The minimum atomic E-state index is -5.08. The zero-order valence-electron chi connectivity index (χ0n) is 14.8. The summed E-state index contributed by atoms with van der Waals surface area (Å²) in [5.41, 5.74) is 7.64. The molecule has 0 saturated heterocycles. The molecular weight excluding hydrogens is 371 g/mol. The topological polar surface area (TPSA) is 78.0 Å². The van der Waals surface area contributed by atoms with Crippen LogP contribution >= 0.6 is 0 Å². The number of carboxylic acid groups (broad SMARTS) is 1. The van der Waals surface area contributed by atoms with Crippen molar-refractivity contribution < 1.29 is 23.1 Å². The number of aliphatic carboxylic acids is 1. The normalized spacial score (nSPS) is 13.2. The fourth-order valence-electron chi connectivity index (χ4n) is 2.94. The Morgan fingerprint density at radius 2 is 1.71 bits per heavy atom. The summed E-state index contributed by atoms with van der Waals surface area (Å²) in [7, 11) is 0. The van der Waals surface area contributed by atoms with E-state index in [1.165, 1.54) is 27.8 Å². The number of benzene rings is 2. The van der Waals surface area contributed by atoms with Gasteiger partial charge in [0.15, 0.2) is 0 Å². The number of aromatic amines is 1. The van der Waals surface area contributed by atoms with Crippen LogP contribution in [0.1, 0.15) is 11.1 Å². The maximum atomic E-state index is 10.6. The SMILES string of the molecule is O=C(O)C(F)(F)F.c1cc(-c2ccc3c(c2)CNCC3)cc(-c2ccn[nH]2)c1. The molecule has 1 aliphatic rings. The second-order valence-electron chi connectivity index (χ2n) is 6.26. The molecule has 3 N–H and O–H groups in total. The number of nitrogens with zero attached hydrogens (tertiary/aromatic N) is 1. The van der Waals surface area contributed by atoms with Crippen molar-refractivity contribution in [1.82, 2.24) is 15.5 Å². The van der Waals surface area contributed by atoms with E-state index in [9.17, 15) is 13.2 Å². The van der Waals surface area contributed by atoms with E-state index >= 15 is 0 Å². The van der Waals surface area contributed by atoms with Gasteiger partial charge in [-0.15, -0.1) is 0 Å². The zero-order chi connectivity index (χ0) is 20.1. The summed E-state index contributed by atoms with van der Waals surface area (Å²) in [6.45, 7) is 2.06. The van der Waals surface area contributed by atoms with Gasteiger partial charge in [0.2, 0.25) is 0 Å². The van der Waals surface area contributed by atoms with Crippen molar-refractivity contribution in [2.45, 2.75) is 19.1 Å². The molecule has 28 heavy (non-hydrogen) atoms. The predicted octanol–water partition coefficient (Wildman–Crippen LogP) is 4.02. The molecule has 0 radical (unpaired) electrons. The highest BCUT2D eigenvalue weighted by Crippen LogP contribution is 2.27. The van der Waals surface area contributed by atoms with E-state index in [1.807, 2.05) is 6.07 Å². The Morgan fingerprint density at radius 3 is 2.39 bits per heavy atom. The maximum absolute atomic E-state index is 10.6. The summed E-state index contributed by atoms with van der Waals surface area (Å²) >= 11 is 0. The standard InChI is InChI=1S/C18H17N3.C2HF3O2/c1-2-14(10-16(3-1)18-7-9-20-21-18)15-5-4-13-6-8-19-12-17(13)11-15;3-2(4,5)1(6)7/h1-5,7,9-11,19H,6,8,12H2,(H,20,21);(H,6,7). The van der Waals surface area contributed by atoms with Crippen LogP contribution < -0.4 is 5.32 Å². The van der Waals surface area contributed by atoms with Crippen molar-refractivity contribution in [2.24, 2.45) is 0 Å². The molecule has 2 aromatic carbocycles. The Morgan fingerprint density at radius 1 is 1.00 bits per heavy atom. The van der Waals surface area contributed by atoms with Gasteiger partial charge in [-0.2, -0.15) is 18.3 Å². The molecule has 0 atom stereocenters. The second-order valence-corrected chi connectivity index (χ2v) is 6.26. The quantitative estimate of drug-likeness (QED) is 0.619. The average molecular weight is 389 g/mol. The molecular formula is C20H18F3N3O2. The number of fused-ring (bicyclic) bond motifs is 1. The molecule has 0 amide bonds. The van der Waals surface area contributed by atoms with Crippen LogP contribution in [-0.4, -0.2) is 34.0 Å². The van der Waals surface area contributed by atoms with Crippen LogP contribution in [0.5, 0.6) is 0 Å². The minimum Gasteiger partial charge on any atom is -0.475 e. The van der Waals surface area contributed by atoms with Crippen LogP contribution in [0.3, 0.4) is 0 Å². The van der Waals surface area contributed by atoms with Gasteiger partial charge >= 0.3 is 12.1 Å². The fourth-order valence-corrected chi connectivity index (χ4v) is 2.94. The molecule has 0 unspecified atom stereocenters. The fraction of sp³-hybridized carbons (Fsp3) is 0.200. The summed E-state index contributed by atoms with van der Waals surface area (Å²) in [5.74, 6) is -2.76. The van der Waals surface area contributed by atoms with Gasteiger partial charge < -0.3 is 10.4 Å². The van der Waals surface area contributed by atoms with Crippen LogP contribution in [0.25, 0.3) is 22.4 Å². The van der Waals surface area contributed by atoms with Crippen molar-refractivity contribution >= 4 is 5.97 Å². The zero-order valence-corrected chi connectivity index (χ0v) is 14.8. The largest absolute Gasteiger partial charge is 0.490 e. The number of nitrogens with one attached hydrogen (secondary N) is 2. The van der Waals surface area contributed by atoms with Gasteiger partial charge in [-0.1, -0.05) is 30.3 Å². The van der Waals surface area contributed by atoms with E-state index in [-0.39, 0.29) is 0 Å². The molecule has 3 aromatic rings. The molecule has 8 heteroatoms. The van der Waals surface area contributed by atoms with Gasteiger partial charge in [-0.3, -0.25) is 5.10 Å². The third kappa shape index (κ3) is 4.77. The Kier molecular flexibility index (Phi) is 5.79. The number of rotatable bonds is 2. The van der Waals surface area contributed by atoms with E-state index in [2.05, 4.69) is 58.0 Å². The molecule has 0 spiro atoms. The highest BCUT2D eigenvalue weighted by Gasteiger charge is 2.38. The summed E-state index contributed by atoms with van der Waals surface area (Å²) < 4.78 is 31.7. The molecule has 1 aliphatic heterocycles. The third-order valence-electron chi connectivity index (χ3n) is 4.34. The van der Waals surface area contributed by atoms with E-state index in [0.29, 0.717) is 0 Å². The minimum absolute atomic E-state index is 0.976. The lowest BCUT2D eigenvalue weighted by molar-refractivity contribution is -0.192. The molecule has 2 heterocycles. The molecule has 0 saturated carbocycles. The Hall–Kier alpha value is -3.13. The number of carbonyl (C=O) groups is 1. The van der Waals surface area contributed by atoms with Crippen molar-refractivity contribution in [3.8, 4) is 22.4 Å². The lowest BCUT2D eigenvalue weighted by atomic mass is 9.94. The molecule has 0 fully saturated rings. The van der Waals surface area contributed by atoms with Gasteiger partial charge in [0, 0.05) is 18.3 Å². The van der Waals surface area contributed by atoms with Crippen LogP contribution in [0, 0.1) is 0 Å².